The number of ether oxygens (including phenoxy) is 1. The zero-order valence-electron chi connectivity index (χ0n) is 10.6. The number of hydrogen-bond donors (Lipinski definition) is 0. The van der Waals surface area contributed by atoms with Gasteiger partial charge in [0.25, 0.3) is 0 Å². The van der Waals surface area contributed by atoms with Crippen molar-refractivity contribution in [3.8, 4) is 17.0 Å². The molecule has 0 spiro atoms. The Balaban J connectivity index is 2.35. The third kappa shape index (κ3) is 1.94. The molecule has 2 heterocycles. The number of halogens is 1. The molecular formula is C14H12ClN3O. The zero-order valence-corrected chi connectivity index (χ0v) is 11.3. The fourth-order valence-corrected chi connectivity index (χ4v) is 2.41. The van der Waals surface area contributed by atoms with E-state index in [1.165, 1.54) is 0 Å². The van der Waals surface area contributed by atoms with Gasteiger partial charge in [0.15, 0.2) is 0 Å². The average molecular weight is 274 g/mol. The predicted octanol–water partition coefficient (Wildman–Crippen LogP) is 3.30. The minimum Gasteiger partial charge on any atom is -0.496 e. The van der Waals surface area contributed by atoms with Gasteiger partial charge in [-0.05, 0) is 29.8 Å². The van der Waals surface area contributed by atoms with Crippen molar-refractivity contribution in [2.24, 2.45) is 7.05 Å². The van der Waals surface area contributed by atoms with Gasteiger partial charge in [0.1, 0.15) is 5.75 Å². The van der Waals surface area contributed by atoms with Gasteiger partial charge in [0, 0.05) is 25.0 Å². The van der Waals surface area contributed by atoms with E-state index in [9.17, 15) is 0 Å². The molecule has 0 bridgehead atoms. The van der Waals surface area contributed by atoms with Crippen LogP contribution in [0.5, 0.6) is 5.75 Å². The van der Waals surface area contributed by atoms with Crippen LogP contribution in [0.2, 0.25) is 5.28 Å². The molecular weight excluding hydrogens is 262 g/mol. The van der Waals surface area contributed by atoms with Gasteiger partial charge >= 0.3 is 0 Å². The molecule has 2 aromatic heterocycles. The summed E-state index contributed by atoms with van der Waals surface area (Å²) in [4.78, 5) is 8.18. The number of benzene rings is 1. The van der Waals surface area contributed by atoms with Crippen molar-refractivity contribution in [1.29, 1.82) is 0 Å². The van der Waals surface area contributed by atoms with E-state index in [4.69, 9.17) is 16.3 Å². The standard InChI is InChI=1S/C14H12ClN3O/c1-18-8-9(10-6-7-16-14(15)17-10)13-11(18)4-3-5-12(13)19-2/h3-8H,1-2H3. The van der Waals surface area contributed by atoms with E-state index < -0.39 is 0 Å². The van der Waals surface area contributed by atoms with Crippen LogP contribution in [-0.2, 0) is 7.05 Å². The molecule has 0 amide bonds. The van der Waals surface area contributed by atoms with Crippen LogP contribution < -0.4 is 4.74 Å². The van der Waals surface area contributed by atoms with Crippen LogP contribution in [0.1, 0.15) is 0 Å². The largest absolute Gasteiger partial charge is 0.496 e. The summed E-state index contributed by atoms with van der Waals surface area (Å²) in [5.74, 6) is 0.822. The van der Waals surface area contributed by atoms with Crippen molar-refractivity contribution in [2.75, 3.05) is 7.11 Å². The van der Waals surface area contributed by atoms with Gasteiger partial charge in [-0.3, -0.25) is 0 Å². The van der Waals surface area contributed by atoms with Gasteiger partial charge in [-0.2, -0.15) is 0 Å². The molecule has 3 rings (SSSR count). The average Bonchev–Trinajstić information content (AvgIpc) is 2.76. The smallest absolute Gasteiger partial charge is 0.222 e. The molecule has 0 fully saturated rings. The summed E-state index contributed by atoms with van der Waals surface area (Å²) in [6.07, 6.45) is 3.67. The topological polar surface area (TPSA) is 39.9 Å². The molecule has 5 heteroatoms. The van der Waals surface area contributed by atoms with Crippen molar-refractivity contribution in [3.63, 3.8) is 0 Å². The Morgan fingerprint density at radius 1 is 1.26 bits per heavy atom. The van der Waals surface area contributed by atoms with Crippen molar-refractivity contribution >= 4 is 22.5 Å². The van der Waals surface area contributed by atoms with E-state index in [0.29, 0.717) is 0 Å². The number of aryl methyl sites for hydroxylation is 1. The van der Waals surface area contributed by atoms with Gasteiger partial charge in [-0.15, -0.1) is 0 Å². The Labute approximate surface area is 115 Å². The molecule has 0 saturated heterocycles. The molecule has 1 aromatic carbocycles. The first-order valence-corrected chi connectivity index (χ1v) is 6.19. The van der Waals surface area contributed by atoms with Gasteiger partial charge in [-0.1, -0.05) is 6.07 Å². The number of methoxy groups -OCH3 is 1. The lowest BCUT2D eigenvalue weighted by Gasteiger charge is -2.04. The molecule has 0 atom stereocenters. The maximum Gasteiger partial charge on any atom is 0.222 e. The molecule has 0 unspecified atom stereocenters. The van der Waals surface area contributed by atoms with Gasteiger partial charge in [-0.25, -0.2) is 9.97 Å². The van der Waals surface area contributed by atoms with Crippen LogP contribution in [-0.4, -0.2) is 21.6 Å². The Morgan fingerprint density at radius 2 is 2.11 bits per heavy atom. The minimum absolute atomic E-state index is 0.240. The Hall–Kier alpha value is -2.07. The molecule has 0 saturated carbocycles. The highest BCUT2D eigenvalue weighted by molar-refractivity contribution is 6.28. The highest BCUT2D eigenvalue weighted by atomic mass is 35.5. The molecule has 0 aliphatic carbocycles. The van der Waals surface area contributed by atoms with E-state index in [0.717, 1.165) is 27.9 Å². The fraction of sp³-hybridized carbons (Fsp3) is 0.143. The normalized spacial score (nSPS) is 10.9. The van der Waals surface area contributed by atoms with Crippen LogP contribution >= 0.6 is 11.6 Å². The molecule has 19 heavy (non-hydrogen) atoms. The monoisotopic (exact) mass is 273 g/mol. The summed E-state index contributed by atoms with van der Waals surface area (Å²) >= 11 is 5.87. The summed E-state index contributed by atoms with van der Waals surface area (Å²) in [6, 6.07) is 7.80. The van der Waals surface area contributed by atoms with Crippen molar-refractivity contribution in [2.45, 2.75) is 0 Å². The maximum absolute atomic E-state index is 5.87. The van der Waals surface area contributed by atoms with Crippen LogP contribution in [0.15, 0.2) is 36.7 Å². The first-order valence-electron chi connectivity index (χ1n) is 5.81. The van der Waals surface area contributed by atoms with E-state index in [2.05, 4.69) is 9.97 Å². The van der Waals surface area contributed by atoms with Gasteiger partial charge in [0.05, 0.1) is 23.7 Å². The van der Waals surface area contributed by atoms with Gasteiger partial charge in [0.2, 0.25) is 5.28 Å². The Bertz CT molecular complexity index is 752. The molecule has 0 aliphatic rings. The minimum atomic E-state index is 0.240. The second kappa shape index (κ2) is 4.55. The summed E-state index contributed by atoms with van der Waals surface area (Å²) < 4.78 is 7.49. The lowest BCUT2D eigenvalue weighted by molar-refractivity contribution is 0.420. The van der Waals surface area contributed by atoms with Crippen molar-refractivity contribution < 1.29 is 4.74 Å². The molecule has 3 aromatic rings. The quantitative estimate of drug-likeness (QED) is 0.673. The molecule has 0 N–H and O–H groups in total. The van der Waals surface area contributed by atoms with Crippen LogP contribution in [0.4, 0.5) is 0 Å². The first-order chi connectivity index (χ1) is 9.20. The summed E-state index contributed by atoms with van der Waals surface area (Å²) in [5.41, 5.74) is 2.86. The summed E-state index contributed by atoms with van der Waals surface area (Å²) in [5, 5.41) is 1.27. The Morgan fingerprint density at radius 3 is 2.84 bits per heavy atom. The number of aromatic nitrogens is 3. The van der Waals surface area contributed by atoms with E-state index >= 15 is 0 Å². The highest BCUT2D eigenvalue weighted by Gasteiger charge is 2.14. The molecule has 0 aliphatic heterocycles. The number of rotatable bonds is 2. The second-order valence-corrected chi connectivity index (χ2v) is 4.56. The summed E-state index contributed by atoms with van der Waals surface area (Å²) in [6.45, 7) is 0. The SMILES string of the molecule is COc1cccc2c1c(-c1ccnc(Cl)n1)cn2C. The van der Waals surface area contributed by atoms with Gasteiger partial charge < -0.3 is 9.30 Å². The molecule has 4 nitrogen and oxygen atoms in total. The second-order valence-electron chi connectivity index (χ2n) is 4.22. The highest BCUT2D eigenvalue weighted by Crippen LogP contribution is 2.35. The molecule has 96 valence electrons. The number of fused-ring (bicyclic) bond motifs is 1. The van der Waals surface area contributed by atoms with Crippen molar-refractivity contribution in [1.82, 2.24) is 14.5 Å². The Kier molecular flexibility index (Phi) is 2.87. The number of nitrogens with zero attached hydrogens (tertiary/aromatic N) is 3. The van der Waals surface area contributed by atoms with Crippen LogP contribution in [0.25, 0.3) is 22.2 Å². The zero-order chi connectivity index (χ0) is 13.4. The van der Waals surface area contributed by atoms with Crippen molar-refractivity contribution in [3.05, 3.63) is 41.9 Å². The lowest BCUT2D eigenvalue weighted by Crippen LogP contribution is -1.88. The van der Waals surface area contributed by atoms with E-state index in [1.807, 2.05) is 42.1 Å². The van der Waals surface area contributed by atoms with Crippen LogP contribution in [0, 0.1) is 0 Å². The summed E-state index contributed by atoms with van der Waals surface area (Å²) in [7, 11) is 3.66. The third-order valence-corrected chi connectivity index (χ3v) is 3.28. The number of hydrogen-bond acceptors (Lipinski definition) is 3. The van der Waals surface area contributed by atoms with E-state index in [-0.39, 0.29) is 5.28 Å². The predicted molar refractivity (Wildman–Crippen MR) is 75.5 cm³/mol. The first kappa shape index (κ1) is 12.0. The third-order valence-electron chi connectivity index (χ3n) is 3.10. The van der Waals surface area contributed by atoms with Crippen LogP contribution in [0.3, 0.4) is 0 Å². The lowest BCUT2D eigenvalue weighted by atomic mass is 10.1. The molecule has 0 radical (unpaired) electrons. The van der Waals surface area contributed by atoms with E-state index in [1.54, 1.807) is 13.3 Å². The fourth-order valence-electron chi connectivity index (χ4n) is 2.26. The maximum atomic E-state index is 5.87.